The van der Waals surface area contributed by atoms with Crippen molar-refractivity contribution in [3.8, 4) is 0 Å². The number of benzene rings is 2. The number of alkyl halides is 3. The standard InChI is InChI=1S/C29H26Cl3F3N4O/c30-23-5-3-19(14-24(23)31)2-1-11-38-12-8-28(9-13-38)18-39(25-6-4-21(16-22(25)28)29(33,34)35)27(40)37-17-20-7-10-36-26(32)15-20/h1-7,10,14-16H,8-9,11-13,17-18H2,(H,37,40)/b2-1+. The fourth-order valence-electron chi connectivity index (χ4n) is 5.40. The number of aromatic nitrogens is 1. The second kappa shape index (κ2) is 11.6. The largest absolute Gasteiger partial charge is 0.416 e. The third-order valence-electron chi connectivity index (χ3n) is 7.56. The van der Waals surface area contributed by atoms with Crippen molar-refractivity contribution >= 4 is 52.6 Å². The fourth-order valence-corrected chi connectivity index (χ4v) is 5.90. The summed E-state index contributed by atoms with van der Waals surface area (Å²) in [6, 6.07) is 12.1. The predicted octanol–water partition coefficient (Wildman–Crippen LogP) is 7.84. The zero-order valence-corrected chi connectivity index (χ0v) is 23.6. The second-order valence-electron chi connectivity index (χ2n) is 10.1. The van der Waals surface area contributed by atoms with E-state index in [-0.39, 0.29) is 12.6 Å². The van der Waals surface area contributed by atoms with Crippen LogP contribution >= 0.6 is 34.8 Å². The molecule has 2 aliphatic rings. The highest BCUT2D eigenvalue weighted by Crippen LogP contribution is 2.48. The van der Waals surface area contributed by atoms with E-state index >= 15 is 0 Å². The number of halogens is 6. The van der Waals surface area contributed by atoms with Crippen LogP contribution in [0.15, 0.2) is 60.8 Å². The molecule has 0 aliphatic carbocycles. The molecule has 0 saturated carbocycles. The quantitative estimate of drug-likeness (QED) is 0.300. The highest BCUT2D eigenvalue weighted by Gasteiger charge is 2.47. The van der Waals surface area contributed by atoms with Gasteiger partial charge in [0.1, 0.15) is 5.15 Å². The normalized spacial score (nSPS) is 17.0. The van der Waals surface area contributed by atoms with Crippen molar-refractivity contribution in [1.82, 2.24) is 15.2 Å². The van der Waals surface area contributed by atoms with Gasteiger partial charge in [0.25, 0.3) is 0 Å². The van der Waals surface area contributed by atoms with Crippen LogP contribution in [0.2, 0.25) is 15.2 Å². The number of amides is 2. The van der Waals surface area contributed by atoms with E-state index < -0.39 is 17.2 Å². The molecule has 3 aromatic rings. The lowest BCUT2D eigenvalue weighted by molar-refractivity contribution is -0.137. The maximum absolute atomic E-state index is 13.7. The summed E-state index contributed by atoms with van der Waals surface area (Å²) in [7, 11) is 0. The van der Waals surface area contributed by atoms with Gasteiger partial charge < -0.3 is 5.32 Å². The first-order chi connectivity index (χ1) is 19.0. The number of carbonyl (C=O) groups excluding carboxylic acids is 1. The molecular weight excluding hydrogens is 584 g/mol. The average molecular weight is 610 g/mol. The Labute approximate surface area is 245 Å². The molecule has 1 saturated heterocycles. The molecule has 11 heteroatoms. The van der Waals surface area contributed by atoms with E-state index in [9.17, 15) is 18.0 Å². The third-order valence-corrected chi connectivity index (χ3v) is 8.50. The summed E-state index contributed by atoms with van der Waals surface area (Å²) in [6.45, 7) is 2.60. The fraction of sp³-hybridized carbons (Fsp3) is 0.310. The number of likely N-dealkylation sites (tertiary alicyclic amines) is 1. The summed E-state index contributed by atoms with van der Waals surface area (Å²) in [6.07, 6.45) is 2.35. The van der Waals surface area contributed by atoms with Crippen LogP contribution in [0.1, 0.15) is 35.1 Å². The van der Waals surface area contributed by atoms with Gasteiger partial charge in [-0.3, -0.25) is 9.80 Å². The summed E-state index contributed by atoms with van der Waals surface area (Å²) >= 11 is 18.0. The van der Waals surface area contributed by atoms with E-state index in [2.05, 4.69) is 15.2 Å². The zero-order valence-electron chi connectivity index (χ0n) is 21.3. The Morgan fingerprint density at radius 1 is 1.02 bits per heavy atom. The Morgan fingerprint density at radius 2 is 1.80 bits per heavy atom. The van der Waals surface area contributed by atoms with E-state index in [1.54, 1.807) is 35.4 Å². The number of carbonyl (C=O) groups is 1. The van der Waals surface area contributed by atoms with E-state index in [4.69, 9.17) is 34.8 Å². The van der Waals surface area contributed by atoms with Crippen molar-refractivity contribution in [2.24, 2.45) is 0 Å². The lowest BCUT2D eigenvalue weighted by atomic mass is 9.74. The molecule has 5 nitrogen and oxygen atoms in total. The van der Waals surface area contributed by atoms with Crippen molar-refractivity contribution in [2.45, 2.75) is 31.0 Å². The molecule has 3 heterocycles. The second-order valence-corrected chi connectivity index (χ2v) is 11.3. The molecule has 0 unspecified atom stereocenters. The lowest BCUT2D eigenvalue weighted by Crippen LogP contribution is -2.47. The first kappa shape index (κ1) is 28.7. The van der Waals surface area contributed by atoms with Gasteiger partial charge in [-0.05, 0) is 85.1 Å². The van der Waals surface area contributed by atoms with Gasteiger partial charge in [-0.1, -0.05) is 53.0 Å². The molecule has 1 N–H and O–H groups in total. The van der Waals surface area contributed by atoms with Crippen LogP contribution in [-0.2, 0) is 18.1 Å². The molecule has 2 amide bonds. The molecule has 1 aromatic heterocycles. The Balaban J connectivity index is 1.30. The molecule has 40 heavy (non-hydrogen) atoms. The van der Waals surface area contributed by atoms with Gasteiger partial charge in [0.15, 0.2) is 0 Å². The predicted molar refractivity (Wildman–Crippen MR) is 153 cm³/mol. The van der Waals surface area contributed by atoms with Crippen molar-refractivity contribution in [3.05, 3.63) is 98.3 Å². The average Bonchev–Trinajstić information content (AvgIpc) is 3.23. The van der Waals surface area contributed by atoms with Gasteiger partial charge in [0, 0.05) is 36.9 Å². The molecule has 210 valence electrons. The van der Waals surface area contributed by atoms with Crippen LogP contribution in [0.4, 0.5) is 23.7 Å². The van der Waals surface area contributed by atoms with E-state index in [1.165, 1.54) is 12.1 Å². The molecular formula is C29H26Cl3F3N4O. The summed E-state index contributed by atoms with van der Waals surface area (Å²) in [5, 5.41) is 4.17. The summed E-state index contributed by atoms with van der Waals surface area (Å²) in [4.78, 5) is 21.0. The Hall–Kier alpha value is -2.78. The first-order valence-corrected chi connectivity index (χ1v) is 13.9. The number of piperidine rings is 1. The maximum atomic E-state index is 13.7. The van der Waals surface area contributed by atoms with Gasteiger partial charge in [-0.2, -0.15) is 13.2 Å². The van der Waals surface area contributed by atoms with Crippen molar-refractivity contribution in [2.75, 3.05) is 31.1 Å². The number of hydrogen-bond acceptors (Lipinski definition) is 3. The minimum atomic E-state index is -4.47. The number of pyridine rings is 1. The van der Waals surface area contributed by atoms with Crippen LogP contribution < -0.4 is 10.2 Å². The number of rotatable bonds is 5. The molecule has 0 bridgehead atoms. The van der Waals surface area contributed by atoms with Gasteiger partial charge in [0.05, 0.1) is 15.6 Å². The van der Waals surface area contributed by atoms with Crippen LogP contribution in [-0.4, -0.2) is 42.1 Å². The molecule has 2 aromatic carbocycles. The Kier molecular flexibility index (Phi) is 8.34. The number of nitrogens with one attached hydrogen (secondary N) is 1. The van der Waals surface area contributed by atoms with Crippen molar-refractivity contribution < 1.29 is 18.0 Å². The lowest BCUT2D eigenvalue weighted by Gasteiger charge is -2.39. The van der Waals surface area contributed by atoms with Gasteiger partial charge in [-0.25, -0.2) is 9.78 Å². The van der Waals surface area contributed by atoms with Gasteiger partial charge in [-0.15, -0.1) is 0 Å². The van der Waals surface area contributed by atoms with Crippen LogP contribution in [0.3, 0.4) is 0 Å². The van der Waals surface area contributed by atoms with E-state index in [0.29, 0.717) is 65.5 Å². The smallest absolute Gasteiger partial charge is 0.334 e. The number of anilines is 1. The van der Waals surface area contributed by atoms with Gasteiger partial charge >= 0.3 is 12.2 Å². The Morgan fingerprint density at radius 3 is 2.50 bits per heavy atom. The Bertz CT molecular complexity index is 1440. The third kappa shape index (κ3) is 6.25. The minimum Gasteiger partial charge on any atom is -0.334 e. The highest BCUT2D eigenvalue weighted by atomic mass is 35.5. The van der Waals surface area contributed by atoms with Crippen LogP contribution in [0, 0.1) is 0 Å². The van der Waals surface area contributed by atoms with Crippen LogP contribution in [0.25, 0.3) is 6.08 Å². The molecule has 5 rings (SSSR count). The number of nitrogens with zero attached hydrogens (tertiary/aromatic N) is 3. The minimum absolute atomic E-state index is 0.222. The summed E-state index contributed by atoms with van der Waals surface area (Å²) in [5.74, 6) is 0. The SMILES string of the molecule is O=C(NCc1ccnc(Cl)c1)N1CC2(CCN(C/C=C/c3ccc(Cl)c(Cl)c3)CC2)c2cc(C(F)(F)F)ccc21. The van der Waals surface area contributed by atoms with Crippen LogP contribution in [0.5, 0.6) is 0 Å². The summed E-state index contributed by atoms with van der Waals surface area (Å²) < 4.78 is 41.0. The first-order valence-electron chi connectivity index (χ1n) is 12.8. The highest BCUT2D eigenvalue weighted by molar-refractivity contribution is 6.42. The molecule has 0 radical (unpaired) electrons. The summed E-state index contributed by atoms with van der Waals surface area (Å²) in [5.41, 5.74) is 1.55. The number of fused-ring (bicyclic) bond motifs is 2. The molecule has 1 fully saturated rings. The molecule has 0 atom stereocenters. The van der Waals surface area contributed by atoms with Gasteiger partial charge in [0.2, 0.25) is 0 Å². The van der Waals surface area contributed by atoms with Crippen molar-refractivity contribution in [1.29, 1.82) is 0 Å². The van der Waals surface area contributed by atoms with E-state index in [0.717, 1.165) is 17.2 Å². The number of hydrogen-bond donors (Lipinski definition) is 1. The zero-order chi connectivity index (χ0) is 28.5. The topological polar surface area (TPSA) is 48.5 Å². The number of urea groups is 1. The monoisotopic (exact) mass is 608 g/mol. The molecule has 1 spiro atoms. The molecule has 2 aliphatic heterocycles. The van der Waals surface area contributed by atoms with E-state index in [1.807, 2.05) is 18.2 Å². The van der Waals surface area contributed by atoms with Crippen molar-refractivity contribution in [3.63, 3.8) is 0 Å². The maximum Gasteiger partial charge on any atom is 0.416 e.